The van der Waals surface area contributed by atoms with E-state index in [0.29, 0.717) is 17.9 Å². The van der Waals surface area contributed by atoms with Gasteiger partial charge < -0.3 is 25.0 Å². The maximum Gasteiger partial charge on any atom is 0.404 e. The Morgan fingerprint density at radius 3 is 2.61 bits per heavy atom. The van der Waals surface area contributed by atoms with Crippen LogP contribution in [0.1, 0.15) is 26.3 Å². The van der Waals surface area contributed by atoms with E-state index in [4.69, 9.17) is 26.2 Å². The Morgan fingerprint density at radius 2 is 2.00 bits per heavy atom. The number of halogens is 1. The van der Waals surface area contributed by atoms with Crippen molar-refractivity contribution >= 4 is 17.7 Å². The zero-order valence-electron chi connectivity index (χ0n) is 13.4. The van der Waals surface area contributed by atoms with Gasteiger partial charge in [0, 0.05) is 0 Å². The molecule has 1 heterocycles. The molecule has 0 radical (unpaired) electrons. The summed E-state index contributed by atoms with van der Waals surface area (Å²) in [7, 11) is 0. The van der Waals surface area contributed by atoms with E-state index < -0.39 is 23.6 Å². The molecule has 0 bridgehead atoms. The van der Waals surface area contributed by atoms with Gasteiger partial charge in [-0.15, -0.1) is 11.6 Å². The number of nitrogens with one attached hydrogen (secondary N) is 1. The molecule has 1 unspecified atom stereocenters. The van der Waals surface area contributed by atoms with E-state index in [1.54, 1.807) is 12.1 Å². The molecule has 3 atom stereocenters. The first-order valence-corrected chi connectivity index (χ1v) is 7.82. The van der Waals surface area contributed by atoms with E-state index in [9.17, 15) is 9.90 Å². The Bertz CT molecular complexity index is 572. The highest BCUT2D eigenvalue weighted by molar-refractivity contribution is 6.21. The van der Waals surface area contributed by atoms with E-state index in [1.807, 2.05) is 26.8 Å². The largest absolute Gasteiger partial charge is 0.465 e. The quantitative estimate of drug-likeness (QED) is 0.715. The first kappa shape index (κ1) is 17.7. The molecule has 0 aliphatic carbocycles. The summed E-state index contributed by atoms with van der Waals surface area (Å²) in [5, 5.41) is 21.3. The topological polar surface area (TPSA) is 88.0 Å². The second kappa shape index (κ2) is 6.84. The molecule has 0 fully saturated rings. The van der Waals surface area contributed by atoms with Crippen LogP contribution in [0.3, 0.4) is 0 Å². The van der Waals surface area contributed by atoms with Gasteiger partial charge in [-0.1, -0.05) is 26.8 Å². The summed E-state index contributed by atoms with van der Waals surface area (Å²) in [6, 6.07) is 4.64. The fourth-order valence-electron chi connectivity index (χ4n) is 2.45. The molecule has 0 aromatic heterocycles. The predicted molar refractivity (Wildman–Crippen MR) is 86.3 cm³/mol. The third kappa shape index (κ3) is 4.42. The zero-order chi connectivity index (χ0) is 17.2. The van der Waals surface area contributed by atoms with E-state index in [1.165, 1.54) is 0 Å². The Morgan fingerprint density at radius 1 is 1.35 bits per heavy atom. The summed E-state index contributed by atoms with van der Waals surface area (Å²) in [5.74, 6) is 1.27. The van der Waals surface area contributed by atoms with Crippen LogP contribution in [0.4, 0.5) is 4.79 Å². The molecule has 6 nitrogen and oxygen atoms in total. The molecule has 0 saturated carbocycles. The van der Waals surface area contributed by atoms with Crippen molar-refractivity contribution in [1.82, 2.24) is 5.32 Å². The van der Waals surface area contributed by atoms with Gasteiger partial charge in [0.05, 0.1) is 17.5 Å². The van der Waals surface area contributed by atoms with Gasteiger partial charge in [0.25, 0.3) is 0 Å². The summed E-state index contributed by atoms with van der Waals surface area (Å²) >= 11 is 6.32. The molecule has 1 aliphatic heterocycles. The maximum atomic E-state index is 11.1. The molecule has 128 valence electrons. The zero-order valence-corrected chi connectivity index (χ0v) is 14.1. The van der Waals surface area contributed by atoms with Crippen LogP contribution in [0.2, 0.25) is 0 Å². The number of aliphatic hydroxyl groups is 1. The number of alkyl halides is 1. The van der Waals surface area contributed by atoms with Gasteiger partial charge in [0.15, 0.2) is 11.5 Å². The van der Waals surface area contributed by atoms with Crippen LogP contribution in [0, 0.1) is 5.41 Å². The van der Waals surface area contributed by atoms with Crippen molar-refractivity contribution in [2.45, 2.75) is 44.7 Å². The molecule has 3 N–H and O–H groups in total. The molecule has 0 saturated heterocycles. The van der Waals surface area contributed by atoms with Crippen molar-refractivity contribution in [3.8, 4) is 11.5 Å². The van der Waals surface area contributed by atoms with Crippen molar-refractivity contribution in [3.05, 3.63) is 23.8 Å². The first-order chi connectivity index (χ1) is 10.7. The van der Waals surface area contributed by atoms with Crippen molar-refractivity contribution in [1.29, 1.82) is 0 Å². The highest BCUT2D eigenvalue weighted by Gasteiger charge is 2.35. The van der Waals surface area contributed by atoms with Crippen LogP contribution in [0.15, 0.2) is 18.2 Å². The number of carboxylic acid groups (broad SMARTS) is 1. The molecule has 7 heteroatoms. The normalized spacial score (nSPS) is 17.4. The standard InChI is InChI=1S/C16H22ClNO5/c1-16(2,3)14(17)13(19)10(18-15(20)21)6-9-4-5-11-12(7-9)23-8-22-11/h4-5,7,10,13-14,18-19H,6,8H2,1-3H3,(H,20,21)/t10-,13-,14?/m0/s1. The van der Waals surface area contributed by atoms with Crippen LogP contribution in [-0.2, 0) is 6.42 Å². The lowest BCUT2D eigenvalue weighted by atomic mass is 9.84. The lowest BCUT2D eigenvalue weighted by Crippen LogP contribution is -2.51. The van der Waals surface area contributed by atoms with Gasteiger partial charge >= 0.3 is 6.09 Å². The number of fused-ring (bicyclic) bond motifs is 1. The molecule has 1 aliphatic rings. The highest BCUT2D eigenvalue weighted by Crippen LogP contribution is 2.34. The Labute approximate surface area is 140 Å². The molecule has 1 amide bonds. The van der Waals surface area contributed by atoms with Crippen LogP contribution in [-0.4, -0.2) is 40.6 Å². The summed E-state index contributed by atoms with van der Waals surface area (Å²) in [5.41, 5.74) is 0.457. The number of ether oxygens (including phenoxy) is 2. The summed E-state index contributed by atoms with van der Waals surface area (Å²) in [4.78, 5) is 11.1. The highest BCUT2D eigenvalue weighted by atomic mass is 35.5. The maximum absolute atomic E-state index is 11.1. The minimum atomic E-state index is -1.20. The van der Waals surface area contributed by atoms with Gasteiger partial charge in [-0.25, -0.2) is 4.79 Å². The second-order valence-electron chi connectivity index (χ2n) is 6.71. The van der Waals surface area contributed by atoms with Gasteiger partial charge in [0.1, 0.15) is 0 Å². The fourth-order valence-corrected chi connectivity index (χ4v) is 2.63. The van der Waals surface area contributed by atoms with Crippen molar-refractivity contribution in [3.63, 3.8) is 0 Å². The molecule has 1 aromatic carbocycles. The SMILES string of the molecule is CC(C)(C)C(Cl)[C@@H](O)[C@H](Cc1ccc2c(c1)OCO2)NC(=O)O. The van der Waals surface area contributed by atoms with E-state index in [-0.39, 0.29) is 12.2 Å². The van der Waals surface area contributed by atoms with E-state index in [0.717, 1.165) is 5.56 Å². The monoisotopic (exact) mass is 343 g/mol. The lowest BCUT2D eigenvalue weighted by Gasteiger charge is -2.34. The summed E-state index contributed by atoms with van der Waals surface area (Å²) in [6.07, 6.45) is -1.94. The van der Waals surface area contributed by atoms with Crippen LogP contribution in [0.5, 0.6) is 11.5 Å². The number of amides is 1. The average molecular weight is 344 g/mol. The fraction of sp³-hybridized carbons (Fsp3) is 0.562. The lowest BCUT2D eigenvalue weighted by molar-refractivity contribution is 0.0857. The number of rotatable bonds is 5. The molecule has 23 heavy (non-hydrogen) atoms. The first-order valence-electron chi connectivity index (χ1n) is 7.38. The minimum absolute atomic E-state index is 0.173. The van der Waals surface area contributed by atoms with Crippen LogP contribution >= 0.6 is 11.6 Å². The summed E-state index contributed by atoms with van der Waals surface area (Å²) < 4.78 is 10.6. The predicted octanol–water partition coefficient (Wildman–Crippen LogP) is 2.61. The van der Waals surface area contributed by atoms with Crippen molar-refractivity contribution in [2.24, 2.45) is 5.41 Å². The van der Waals surface area contributed by atoms with Crippen LogP contribution < -0.4 is 14.8 Å². The Hall–Kier alpha value is -1.66. The number of hydrogen-bond acceptors (Lipinski definition) is 4. The molecule has 1 aromatic rings. The van der Waals surface area contributed by atoms with Crippen molar-refractivity contribution in [2.75, 3.05) is 6.79 Å². The van der Waals surface area contributed by atoms with Crippen LogP contribution in [0.25, 0.3) is 0 Å². The molecule has 2 rings (SSSR count). The number of carbonyl (C=O) groups is 1. The number of hydrogen-bond donors (Lipinski definition) is 3. The van der Waals surface area contributed by atoms with E-state index in [2.05, 4.69) is 5.32 Å². The number of aliphatic hydroxyl groups excluding tert-OH is 1. The second-order valence-corrected chi connectivity index (χ2v) is 7.18. The third-order valence-corrected chi connectivity index (χ3v) is 4.65. The average Bonchev–Trinajstić information content (AvgIpc) is 2.91. The minimum Gasteiger partial charge on any atom is -0.465 e. The van der Waals surface area contributed by atoms with Gasteiger partial charge in [-0.05, 0) is 29.5 Å². The third-order valence-electron chi connectivity index (χ3n) is 3.74. The van der Waals surface area contributed by atoms with Gasteiger partial charge in [0.2, 0.25) is 6.79 Å². The smallest absolute Gasteiger partial charge is 0.404 e. The Kier molecular flexibility index (Phi) is 5.26. The number of benzene rings is 1. The van der Waals surface area contributed by atoms with Gasteiger partial charge in [-0.2, -0.15) is 0 Å². The molecular weight excluding hydrogens is 322 g/mol. The van der Waals surface area contributed by atoms with Crippen molar-refractivity contribution < 1.29 is 24.5 Å². The Balaban J connectivity index is 2.16. The molecule has 0 spiro atoms. The van der Waals surface area contributed by atoms with E-state index >= 15 is 0 Å². The van der Waals surface area contributed by atoms with Gasteiger partial charge in [-0.3, -0.25) is 0 Å². The summed E-state index contributed by atoms with van der Waals surface area (Å²) in [6.45, 7) is 5.86. The molecular formula is C16H22ClNO5.